The van der Waals surface area contributed by atoms with E-state index in [1.54, 1.807) is 12.1 Å². The molecule has 2 atom stereocenters. The van der Waals surface area contributed by atoms with Crippen molar-refractivity contribution < 1.29 is 17.9 Å². The first-order chi connectivity index (χ1) is 9.93. The summed E-state index contributed by atoms with van der Waals surface area (Å²) in [6, 6.07) is 4.71. The number of nitrogens with zero attached hydrogens (tertiary/aromatic N) is 1. The summed E-state index contributed by atoms with van der Waals surface area (Å²) in [5.74, 6) is 1.00. The van der Waals surface area contributed by atoms with Crippen molar-refractivity contribution in [2.24, 2.45) is 11.7 Å². The Hall–Kier alpha value is -1.31. The maximum atomic E-state index is 12.9. The maximum Gasteiger partial charge on any atom is 0.247 e. The van der Waals surface area contributed by atoms with Crippen molar-refractivity contribution in [3.05, 3.63) is 18.2 Å². The summed E-state index contributed by atoms with van der Waals surface area (Å²) in [7, 11) is -0.677. The summed E-state index contributed by atoms with van der Waals surface area (Å²) in [6.45, 7) is 2.84. The minimum atomic E-state index is -3.63. The summed E-state index contributed by atoms with van der Waals surface area (Å²) in [5.41, 5.74) is 5.68. The Labute approximate surface area is 125 Å². The lowest BCUT2D eigenvalue weighted by atomic mass is 10.1. The van der Waals surface area contributed by atoms with Crippen LogP contribution in [0.3, 0.4) is 0 Å². The van der Waals surface area contributed by atoms with Gasteiger partial charge in [-0.25, -0.2) is 8.42 Å². The van der Waals surface area contributed by atoms with E-state index in [0.29, 0.717) is 24.6 Å². The molecule has 2 N–H and O–H groups in total. The molecule has 0 amide bonds. The van der Waals surface area contributed by atoms with Crippen LogP contribution >= 0.6 is 0 Å². The van der Waals surface area contributed by atoms with Crippen LogP contribution in [0.2, 0.25) is 0 Å². The van der Waals surface area contributed by atoms with Gasteiger partial charge in [0.25, 0.3) is 0 Å². The van der Waals surface area contributed by atoms with Gasteiger partial charge in [-0.05, 0) is 37.9 Å². The van der Waals surface area contributed by atoms with Crippen molar-refractivity contribution in [1.29, 1.82) is 0 Å². The van der Waals surface area contributed by atoms with Gasteiger partial charge < -0.3 is 15.2 Å². The summed E-state index contributed by atoms with van der Waals surface area (Å²) in [6.07, 6.45) is 0.780. The van der Waals surface area contributed by atoms with Crippen molar-refractivity contribution >= 4 is 10.0 Å². The number of methoxy groups -OCH3 is 2. The van der Waals surface area contributed by atoms with Crippen LogP contribution in [-0.4, -0.2) is 46.1 Å². The molecule has 1 aromatic rings. The molecule has 6 nitrogen and oxygen atoms in total. The lowest BCUT2D eigenvalue weighted by molar-refractivity contribution is 0.379. The van der Waals surface area contributed by atoms with Crippen LogP contribution in [0, 0.1) is 5.92 Å². The standard InChI is InChI=1S/C14H22N2O4S/c1-10-6-11(8-15)9-16(10)21(17,18)14-7-12(19-2)4-5-13(14)20-3/h4-5,7,10-11H,6,8-9,15H2,1-3H3. The molecule has 0 aromatic heterocycles. The molecule has 1 aliphatic rings. The zero-order chi connectivity index (χ0) is 15.6. The molecule has 1 aliphatic heterocycles. The predicted molar refractivity (Wildman–Crippen MR) is 80.1 cm³/mol. The van der Waals surface area contributed by atoms with E-state index in [1.165, 1.54) is 24.6 Å². The first-order valence-corrected chi connectivity index (χ1v) is 8.32. The molecule has 1 heterocycles. The fourth-order valence-corrected chi connectivity index (χ4v) is 4.62. The molecule has 1 fully saturated rings. The van der Waals surface area contributed by atoms with Gasteiger partial charge >= 0.3 is 0 Å². The molecule has 2 rings (SSSR count). The van der Waals surface area contributed by atoms with Gasteiger partial charge in [0.05, 0.1) is 14.2 Å². The molecule has 118 valence electrons. The van der Waals surface area contributed by atoms with Crippen LogP contribution in [0.25, 0.3) is 0 Å². The smallest absolute Gasteiger partial charge is 0.247 e. The fourth-order valence-electron chi connectivity index (χ4n) is 2.73. The van der Waals surface area contributed by atoms with Gasteiger partial charge in [-0.3, -0.25) is 0 Å². The largest absolute Gasteiger partial charge is 0.497 e. The zero-order valence-electron chi connectivity index (χ0n) is 12.6. The highest BCUT2D eigenvalue weighted by Crippen LogP contribution is 2.35. The van der Waals surface area contributed by atoms with E-state index in [0.717, 1.165) is 6.42 Å². The van der Waals surface area contributed by atoms with Crippen LogP contribution in [0.4, 0.5) is 0 Å². The van der Waals surface area contributed by atoms with Crippen molar-refractivity contribution in [2.75, 3.05) is 27.3 Å². The Morgan fingerprint density at radius 1 is 1.33 bits per heavy atom. The molecule has 1 saturated heterocycles. The van der Waals surface area contributed by atoms with Crippen molar-refractivity contribution in [3.63, 3.8) is 0 Å². The van der Waals surface area contributed by atoms with Crippen molar-refractivity contribution in [1.82, 2.24) is 4.31 Å². The molecule has 0 spiro atoms. The third-order valence-corrected chi connectivity index (χ3v) is 5.90. The molecule has 2 unspecified atom stereocenters. The highest BCUT2D eigenvalue weighted by Gasteiger charge is 2.38. The first kappa shape index (κ1) is 16.1. The Balaban J connectivity index is 2.44. The highest BCUT2D eigenvalue weighted by atomic mass is 32.2. The van der Waals surface area contributed by atoms with E-state index in [2.05, 4.69) is 0 Å². The second-order valence-corrected chi connectivity index (χ2v) is 7.14. The van der Waals surface area contributed by atoms with Crippen LogP contribution in [-0.2, 0) is 10.0 Å². The van der Waals surface area contributed by atoms with Gasteiger partial charge in [0.2, 0.25) is 10.0 Å². The summed E-state index contributed by atoms with van der Waals surface area (Å²) >= 11 is 0. The molecule has 1 aromatic carbocycles. The third kappa shape index (κ3) is 3.00. The second-order valence-electron chi connectivity index (χ2n) is 5.28. The van der Waals surface area contributed by atoms with Gasteiger partial charge in [-0.1, -0.05) is 0 Å². The topological polar surface area (TPSA) is 81.9 Å². The Bertz CT molecular complexity index is 603. The average Bonchev–Trinajstić information content (AvgIpc) is 2.88. The SMILES string of the molecule is COc1ccc(OC)c(S(=O)(=O)N2CC(CN)CC2C)c1. The third-order valence-electron chi connectivity index (χ3n) is 3.89. The van der Waals surface area contributed by atoms with Crippen LogP contribution in [0.1, 0.15) is 13.3 Å². The predicted octanol–water partition coefficient (Wildman–Crippen LogP) is 1.06. The van der Waals surface area contributed by atoms with E-state index in [9.17, 15) is 8.42 Å². The number of rotatable bonds is 5. The van der Waals surface area contributed by atoms with Crippen LogP contribution < -0.4 is 15.2 Å². The summed E-state index contributed by atoms with van der Waals surface area (Å²) in [4.78, 5) is 0.133. The van der Waals surface area contributed by atoms with Crippen LogP contribution in [0.15, 0.2) is 23.1 Å². The van der Waals surface area contributed by atoms with Crippen molar-refractivity contribution in [3.8, 4) is 11.5 Å². The second kappa shape index (κ2) is 6.21. The molecule has 0 aliphatic carbocycles. The molecule has 21 heavy (non-hydrogen) atoms. The first-order valence-electron chi connectivity index (χ1n) is 6.88. The van der Waals surface area contributed by atoms with Gasteiger partial charge in [-0.15, -0.1) is 0 Å². The van der Waals surface area contributed by atoms with Crippen LogP contribution in [0.5, 0.6) is 11.5 Å². The number of nitrogens with two attached hydrogens (primary N) is 1. The van der Waals surface area contributed by atoms with E-state index in [4.69, 9.17) is 15.2 Å². The summed E-state index contributed by atoms with van der Waals surface area (Å²) < 4.78 is 37.6. The lowest BCUT2D eigenvalue weighted by Crippen LogP contribution is -2.34. The highest BCUT2D eigenvalue weighted by molar-refractivity contribution is 7.89. The Kier molecular flexibility index (Phi) is 4.75. The molecular formula is C14H22N2O4S. The number of hydrogen-bond acceptors (Lipinski definition) is 5. The van der Waals surface area contributed by atoms with E-state index in [-0.39, 0.29) is 16.9 Å². The van der Waals surface area contributed by atoms with Gasteiger partial charge in [-0.2, -0.15) is 4.31 Å². The van der Waals surface area contributed by atoms with Gasteiger partial charge in [0, 0.05) is 18.7 Å². The number of hydrogen-bond donors (Lipinski definition) is 1. The Morgan fingerprint density at radius 3 is 2.57 bits per heavy atom. The normalized spacial score (nSPS) is 23.2. The minimum Gasteiger partial charge on any atom is -0.497 e. The number of sulfonamides is 1. The maximum absolute atomic E-state index is 12.9. The molecular weight excluding hydrogens is 292 g/mol. The number of ether oxygens (including phenoxy) is 2. The van der Waals surface area contributed by atoms with E-state index >= 15 is 0 Å². The van der Waals surface area contributed by atoms with Crippen molar-refractivity contribution in [2.45, 2.75) is 24.3 Å². The number of benzene rings is 1. The molecule has 7 heteroatoms. The molecule has 0 saturated carbocycles. The quantitative estimate of drug-likeness (QED) is 0.879. The molecule has 0 bridgehead atoms. The lowest BCUT2D eigenvalue weighted by Gasteiger charge is -2.22. The van der Waals surface area contributed by atoms with Gasteiger partial charge in [0.15, 0.2) is 0 Å². The minimum absolute atomic E-state index is 0.0699. The van der Waals surface area contributed by atoms with E-state index < -0.39 is 10.0 Å². The van der Waals surface area contributed by atoms with E-state index in [1.807, 2.05) is 6.92 Å². The average molecular weight is 314 g/mol. The Morgan fingerprint density at radius 2 is 2.05 bits per heavy atom. The fraction of sp³-hybridized carbons (Fsp3) is 0.571. The molecule has 0 radical (unpaired) electrons. The van der Waals surface area contributed by atoms with Gasteiger partial charge in [0.1, 0.15) is 16.4 Å². The zero-order valence-corrected chi connectivity index (χ0v) is 13.4. The monoisotopic (exact) mass is 314 g/mol. The summed E-state index contributed by atoms with van der Waals surface area (Å²) in [5, 5.41) is 0.